The molecule has 0 fully saturated rings. The minimum atomic E-state index is 0.446. The van der Waals surface area contributed by atoms with Crippen LogP contribution in [0.15, 0.2) is 17.5 Å². The molecule has 14 heavy (non-hydrogen) atoms. The Hall–Kier alpha value is -0.800. The van der Waals surface area contributed by atoms with Crippen molar-refractivity contribution in [2.45, 2.75) is 6.42 Å². The van der Waals surface area contributed by atoms with Gasteiger partial charge in [0.1, 0.15) is 0 Å². The molecular formula is C10H7IN2S. The second kappa shape index (κ2) is 3.75. The van der Waals surface area contributed by atoms with E-state index in [-0.39, 0.29) is 0 Å². The van der Waals surface area contributed by atoms with Crippen LogP contribution >= 0.6 is 33.9 Å². The highest BCUT2D eigenvalue weighted by Gasteiger charge is 2.06. The van der Waals surface area contributed by atoms with Gasteiger partial charge in [0.2, 0.25) is 0 Å². The number of fused-ring (bicyclic) bond motifs is 1. The molecule has 0 saturated carbocycles. The molecule has 0 radical (unpaired) electrons. The van der Waals surface area contributed by atoms with Crippen molar-refractivity contribution in [1.29, 1.82) is 5.26 Å². The molecule has 0 bridgehead atoms. The second-order valence-electron chi connectivity index (χ2n) is 2.98. The Bertz CT molecular complexity index is 525. The molecule has 2 N–H and O–H groups in total. The monoisotopic (exact) mass is 314 g/mol. The van der Waals surface area contributed by atoms with Crippen LogP contribution in [0.25, 0.3) is 10.1 Å². The summed E-state index contributed by atoms with van der Waals surface area (Å²) in [4.78, 5) is 0. The Morgan fingerprint density at radius 2 is 2.29 bits per heavy atom. The molecule has 1 aromatic heterocycles. The first-order chi connectivity index (χ1) is 6.72. The summed E-state index contributed by atoms with van der Waals surface area (Å²) < 4.78 is 2.39. The Labute approximate surface area is 99.5 Å². The Kier molecular flexibility index (Phi) is 2.61. The molecule has 2 nitrogen and oxygen atoms in total. The number of halogens is 1. The fourth-order valence-electron chi connectivity index (χ4n) is 1.36. The van der Waals surface area contributed by atoms with Gasteiger partial charge >= 0.3 is 0 Å². The third-order valence-electron chi connectivity index (χ3n) is 2.00. The van der Waals surface area contributed by atoms with Gasteiger partial charge in [-0.05, 0) is 40.3 Å². The molecule has 0 unspecified atom stereocenters. The average molecular weight is 314 g/mol. The lowest BCUT2D eigenvalue weighted by Gasteiger charge is -1.99. The minimum Gasteiger partial charge on any atom is -0.398 e. The Morgan fingerprint density at radius 3 is 3.00 bits per heavy atom. The van der Waals surface area contributed by atoms with E-state index in [0.29, 0.717) is 6.42 Å². The molecule has 0 atom stereocenters. The van der Waals surface area contributed by atoms with Crippen molar-refractivity contribution in [2.24, 2.45) is 0 Å². The molecule has 1 aromatic carbocycles. The lowest BCUT2D eigenvalue weighted by atomic mass is 10.1. The quantitative estimate of drug-likeness (QED) is 0.822. The first kappa shape index (κ1) is 9.74. The van der Waals surface area contributed by atoms with Crippen molar-refractivity contribution in [1.82, 2.24) is 0 Å². The van der Waals surface area contributed by atoms with E-state index in [2.05, 4.69) is 28.7 Å². The highest BCUT2D eigenvalue weighted by atomic mass is 127. The molecule has 2 rings (SSSR count). The lowest BCUT2D eigenvalue weighted by Crippen LogP contribution is -1.86. The number of hydrogen-bond acceptors (Lipinski definition) is 3. The van der Waals surface area contributed by atoms with Crippen LogP contribution in [0.2, 0.25) is 0 Å². The van der Waals surface area contributed by atoms with Gasteiger partial charge in [-0.25, -0.2) is 0 Å². The fourth-order valence-corrected chi connectivity index (χ4v) is 3.28. The third-order valence-corrected chi connectivity index (χ3v) is 4.27. The summed E-state index contributed by atoms with van der Waals surface area (Å²) in [7, 11) is 0. The Morgan fingerprint density at radius 1 is 1.50 bits per heavy atom. The maximum atomic E-state index is 8.62. The number of anilines is 1. The van der Waals surface area contributed by atoms with Gasteiger partial charge < -0.3 is 5.73 Å². The van der Waals surface area contributed by atoms with Gasteiger partial charge in [0.25, 0.3) is 0 Å². The summed E-state index contributed by atoms with van der Waals surface area (Å²) >= 11 is 3.93. The minimum absolute atomic E-state index is 0.446. The van der Waals surface area contributed by atoms with Crippen LogP contribution in [0.1, 0.15) is 5.56 Å². The van der Waals surface area contributed by atoms with E-state index in [9.17, 15) is 0 Å². The number of nitriles is 1. The number of nitrogen functional groups attached to an aromatic ring is 1. The molecule has 70 valence electrons. The highest BCUT2D eigenvalue weighted by Crippen LogP contribution is 2.32. The van der Waals surface area contributed by atoms with Crippen molar-refractivity contribution >= 4 is 49.7 Å². The number of benzene rings is 1. The number of rotatable bonds is 1. The summed E-state index contributed by atoms with van der Waals surface area (Å²) in [6, 6.07) is 6.20. The van der Waals surface area contributed by atoms with Gasteiger partial charge in [0.05, 0.1) is 18.2 Å². The van der Waals surface area contributed by atoms with Crippen LogP contribution in [0.4, 0.5) is 5.69 Å². The van der Waals surface area contributed by atoms with Crippen molar-refractivity contribution < 1.29 is 0 Å². The Balaban J connectivity index is 2.70. The molecule has 0 aliphatic heterocycles. The van der Waals surface area contributed by atoms with Crippen molar-refractivity contribution in [2.75, 3.05) is 5.73 Å². The molecule has 0 saturated heterocycles. The SMILES string of the molecule is N#CCc1cc(I)c2scc(N)c2c1. The van der Waals surface area contributed by atoms with Crippen LogP contribution in [0, 0.1) is 14.9 Å². The zero-order valence-electron chi connectivity index (χ0n) is 7.25. The van der Waals surface area contributed by atoms with Crippen LogP contribution in [-0.4, -0.2) is 0 Å². The van der Waals surface area contributed by atoms with E-state index in [1.165, 1.54) is 8.27 Å². The largest absolute Gasteiger partial charge is 0.398 e. The van der Waals surface area contributed by atoms with Gasteiger partial charge in [-0.15, -0.1) is 11.3 Å². The van der Waals surface area contributed by atoms with Crippen LogP contribution in [0.3, 0.4) is 0 Å². The van der Waals surface area contributed by atoms with Crippen molar-refractivity contribution in [3.05, 3.63) is 26.6 Å². The molecular weight excluding hydrogens is 307 g/mol. The number of nitrogens with zero attached hydrogens (tertiary/aromatic N) is 1. The summed E-state index contributed by atoms with van der Waals surface area (Å²) in [5.41, 5.74) is 7.68. The lowest BCUT2D eigenvalue weighted by molar-refractivity contribution is 1.27. The van der Waals surface area contributed by atoms with Crippen LogP contribution in [-0.2, 0) is 6.42 Å². The second-order valence-corrected chi connectivity index (χ2v) is 5.02. The van der Waals surface area contributed by atoms with Crippen molar-refractivity contribution in [3.8, 4) is 6.07 Å². The zero-order chi connectivity index (χ0) is 10.1. The number of thiophene rings is 1. The van der Waals surface area contributed by atoms with E-state index in [0.717, 1.165) is 16.6 Å². The highest BCUT2D eigenvalue weighted by molar-refractivity contribution is 14.1. The first-order valence-electron chi connectivity index (χ1n) is 4.04. The smallest absolute Gasteiger partial charge is 0.0669 e. The van der Waals surface area contributed by atoms with Crippen molar-refractivity contribution in [3.63, 3.8) is 0 Å². The van der Waals surface area contributed by atoms with E-state index in [4.69, 9.17) is 11.0 Å². The standard InChI is InChI=1S/C10H7IN2S/c11-8-4-6(1-2-12)3-7-9(13)5-14-10(7)8/h3-5H,1,13H2. The molecule has 0 aliphatic carbocycles. The topological polar surface area (TPSA) is 49.8 Å². The summed E-state index contributed by atoms with van der Waals surface area (Å²) in [5.74, 6) is 0. The van der Waals surface area contributed by atoms with Gasteiger partial charge in [-0.3, -0.25) is 0 Å². The number of nitrogens with two attached hydrogens (primary N) is 1. The van der Waals surface area contributed by atoms with Gasteiger partial charge in [-0.2, -0.15) is 5.26 Å². The first-order valence-corrected chi connectivity index (χ1v) is 6.00. The molecule has 0 aliphatic rings. The molecule has 1 heterocycles. The van der Waals surface area contributed by atoms with Gasteiger partial charge in [-0.1, -0.05) is 0 Å². The van der Waals surface area contributed by atoms with E-state index < -0.39 is 0 Å². The van der Waals surface area contributed by atoms with E-state index in [1.54, 1.807) is 11.3 Å². The van der Waals surface area contributed by atoms with Crippen LogP contribution < -0.4 is 5.73 Å². The predicted octanol–water partition coefficient (Wildman–Crippen LogP) is 3.15. The molecule has 2 aromatic rings. The third kappa shape index (κ3) is 1.57. The summed E-state index contributed by atoms with van der Waals surface area (Å²) in [5, 5.41) is 11.6. The summed E-state index contributed by atoms with van der Waals surface area (Å²) in [6.07, 6.45) is 0.446. The van der Waals surface area contributed by atoms with Gasteiger partial charge in [0.15, 0.2) is 0 Å². The van der Waals surface area contributed by atoms with Crippen LogP contribution in [0.5, 0.6) is 0 Å². The maximum absolute atomic E-state index is 8.62. The van der Waals surface area contributed by atoms with E-state index in [1.807, 2.05) is 17.5 Å². The normalized spacial score (nSPS) is 10.3. The zero-order valence-corrected chi connectivity index (χ0v) is 10.2. The van der Waals surface area contributed by atoms with Gasteiger partial charge in [0, 0.05) is 19.0 Å². The predicted molar refractivity (Wildman–Crippen MR) is 68.3 cm³/mol. The fraction of sp³-hybridized carbons (Fsp3) is 0.100. The van der Waals surface area contributed by atoms with E-state index >= 15 is 0 Å². The average Bonchev–Trinajstić information content (AvgIpc) is 2.49. The summed E-state index contributed by atoms with van der Waals surface area (Å²) in [6.45, 7) is 0. The maximum Gasteiger partial charge on any atom is 0.0669 e. The molecule has 0 amide bonds. The number of hydrogen-bond donors (Lipinski definition) is 1. The molecule has 0 spiro atoms. The molecule has 4 heteroatoms.